The summed E-state index contributed by atoms with van der Waals surface area (Å²) in [5.41, 5.74) is 7.62. The topological polar surface area (TPSA) is 184 Å². The zero-order valence-electron chi connectivity index (χ0n) is 45.2. The van der Waals surface area contributed by atoms with E-state index < -0.39 is 58.6 Å². The number of nitrogens with one attached hydrogen (secondary N) is 2. The normalized spacial score (nSPS) is 20.9. The Kier molecular flexibility index (Phi) is 16.0. The van der Waals surface area contributed by atoms with Crippen molar-refractivity contribution < 1.29 is 38.2 Å². The molecule has 398 valence electrons. The molecule has 3 saturated heterocycles. The van der Waals surface area contributed by atoms with Crippen LogP contribution in [0, 0.1) is 23.2 Å². The standard InChI is InChI=1S/C55H74N10O8S/c1-13-63-43-20-19-36-27-38(43)39(48(63)37-17-14-23-56-46(37)35(4)71-12)29-53(5,6)33-72-51(69)40-18-15-25-65(59-40)50(68)41(28-44-57-42(36)30-74-44)58-49(67)47(34(2)3)61(11)52(70)64-24-16-26-73-55(64)31-62(32-55)45(66)21-22-54(7,8)60(9)10/h14,17,19-20,23,27,30,34-35,40-41,47,59H,13,15-16,18,24-26,28-29,31-33H2,1-12H3,(H,58,67)/t35-,40-,41-,47?/m0/s1. The van der Waals surface area contributed by atoms with Crippen molar-refractivity contribution in [3.8, 4) is 34.4 Å². The van der Waals surface area contributed by atoms with E-state index in [-0.39, 0.29) is 44.0 Å². The van der Waals surface area contributed by atoms with Crippen LogP contribution in [-0.4, -0.2) is 166 Å². The average Bonchev–Trinajstić information content (AvgIpc) is 3.96. The van der Waals surface area contributed by atoms with Gasteiger partial charge in [-0.15, -0.1) is 11.3 Å². The van der Waals surface area contributed by atoms with Gasteiger partial charge in [0.05, 0.1) is 60.0 Å². The number of methoxy groups -OCH3 is 1. The second kappa shape index (κ2) is 21.7. The molecule has 4 aliphatic rings. The van der Waals surface area contributed by atoms with E-state index in [2.05, 4.69) is 72.2 Å². The fourth-order valence-electron chi connectivity index (χ4n) is 10.4. The zero-order valence-corrected chi connectivity index (χ0v) is 46.0. The number of hydrazine groups is 1. The average molecular weight is 1040 g/mol. The van der Waals surface area contributed by atoms with Crippen molar-refractivity contribution in [2.24, 2.45) is 11.3 Å². The molecule has 5 amide bonds. The molecule has 74 heavy (non-hydrogen) atoms. The number of esters is 1. The van der Waals surface area contributed by atoms with Crippen LogP contribution in [0.2, 0.25) is 0 Å². The number of urea groups is 1. The van der Waals surface area contributed by atoms with Crippen LogP contribution in [0.25, 0.3) is 33.4 Å². The molecule has 0 aliphatic carbocycles. The minimum absolute atomic E-state index is 0.0477. The number of cyclic esters (lactones) is 1. The largest absolute Gasteiger partial charge is 0.464 e. The van der Waals surface area contributed by atoms with Gasteiger partial charge < -0.3 is 33.9 Å². The minimum atomic E-state index is -1.13. The van der Waals surface area contributed by atoms with Crippen molar-refractivity contribution in [1.29, 1.82) is 0 Å². The molecule has 19 heteroatoms. The first kappa shape index (κ1) is 54.4. The predicted octanol–water partition coefficient (Wildman–Crippen LogP) is 5.88. The maximum atomic E-state index is 14.8. The van der Waals surface area contributed by atoms with Crippen LogP contribution >= 0.6 is 11.3 Å². The maximum absolute atomic E-state index is 14.8. The van der Waals surface area contributed by atoms with Crippen LogP contribution in [0.1, 0.15) is 97.0 Å². The summed E-state index contributed by atoms with van der Waals surface area (Å²) in [5, 5.41) is 8.10. The van der Waals surface area contributed by atoms with Gasteiger partial charge >= 0.3 is 12.0 Å². The number of hydrogen-bond acceptors (Lipinski definition) is 13. The highest BCUT2D eigenvalue weighted by molar-refractivity contribution is 7.10. The first-order valence-corrected chi connectivity index (χ1v) is 26.8. The molecule has 3 aromatic heterocycles. The number of benzene rings is 1. The van der Waals surface area contributed by atoms with E-state index in [4.69, 9.17) is 24.2 Å². The molecular weight excluding hydrogens is 961 g/mol. The summed E-state index contributed by atoms with van der Waals surface area (Å²) in [6.07, 6.45) is 3.69. The van der Waals surface area contributed by atoms with Crippen molar-refractivity contribution in [1.82, 2.24) is 49.9 Å². The summed E-state index contributed by atoms with van der Waals surface area (Å²) in [4.78, 5) is 87.9. The number of fused-ring (bicyclic) bond motifs is 6. The third-order valence-electron chi connectivity index (χ3n) is 15.1. The van der Waals surface area contributed by atoms with Gasteiger partial charge in [0, 0.05) is 79.2 Å². The van der Waals surface area contributed by atoms with Crippen molar-refractivity contribution in [3.05, 3.63) is 58.2 Å². The fourth-order valence-corrected chi connectivity index (χ4v) is 11.3. The number of amides is 5. The third kappa shape index (κ3) is 10.9. The van der Waals surface area contributed by atoms with Crippen LogP contribution in [-0.2, 0) is 52.8 Å². The molecule has 4 aromatic rings. The lowest BCUT2D eigenvalue weighted by molar-refractivity contribution is -0.233. The maximum Gasteiger partial charge on any atom is 0.324 e. The monoisotopic (exact) mass is 1030 g/mol. The number of likely N-dealkylation sites (tertiary alicyclic amines) is 1. The number of likely N-dealkylation sites (N-methyl/N-ethyl adjacent to an activating group) is 1. The van der Waals surface area contributed by atoms with Gasteiger partial charge in [0.2, 0.25) is 5.91 Å². The van der Waals surface area contributed by atoms with Gasteiger partial charge in [0.1, 0.15) is 18.1 Å². The SMILES string of the molecule is CCn1c(-c2cccnc2[C@H](C)OC)c2c3cc(ccc31)-c1csc(n1)C[C@H](NC(=O)C(C(C)C)N(C)C(=O)N1CCCOC13CN(C(=O)C#CC(C)(C)N(C)C)C3)C(=O)N1CCC[C@H](N1)C(=O)OCC(C)(C)C2. The van der Waals surface area contributed by atoms with E-state index in [0.29, 0.717) is 56.9 Å². The van der Waals surface area contributed by atoms with E-state index in [1.165, 1.54) is 21.2 Å². The highest BCUT2D eigenvalue weighted by Gasteiger charge is 2.55. The Morgan fingerprint density at radius 1 is 1.08 bits per heavy atom. The van der Waals surface area contributed by atoms with Gasteiger partial charge in [-0.3, -0.25) is 39.0 Å². The van der Waals surface area contributed by atoms with Crippen molar-refractivity contribution >= 4 is 52.0 Å². The smallest absolute Gasteiger partial charge is 0.324 e. The van der Waals surface area contributed by atoms with Crippen LogP contribution in [0.3, 0.4) is 0 Å². The number of rotatable bonds is 9. The second-order valence-electron chi connectivity index (χ2n) is 22.0. The number of pyridine rings is 1. The summed E-state index contributed by atoms with van der Waals surface area (Å²) >= 11 is 1.40. The van der Waals surface area contributed by atoms with Crippen molar-refractivity contribution in [3.63, 3.8) is 0 Å². The van der Waals surface area contributed by atoms with Crippen LogP contribution in [0.4, 0.5) is 4.79 Å². The first-order chi connectivity index (χ1) is 35.1. The zero-order chi connectivity index (χ0) is 53.4. The molecule has 0 saturated carbocycles. The molecule has 6 bridgehead atoms. The molecule has 7 heterocycles. The Bertz CT molecular complexity index is 2840. The number of ether oxygens (including phenoxy) is 3. The van der Waals surface area contributed by atoms with Crippen LogP contribution < -0.4 is 10.7 Å². The summed E-state index contributed by atoms with van der Waals surface area (Å²) in [6, 6.07) is 7.03. The Hall–Kier alpha value is -5.91. The Labute approximate surface area is 439 Å². The van der Waals surface area contributed by atoms with E-state index in [9.17, 15) is 24.0 Å². The van der Waals surface area contributed by atoms with Crippen molar-refractivity contribution in [2.75, 3.05) is 67.6 Å². The number of aryl methyl sites for hydroxylation is 1. The molecular formula is C55H74N10O8S. The predicted molar refractivity (Wildman–Crippen MR) is 283 cm³/mol. The van der Waals surface area contributed by atoms with E-state index in [0.717, 1.165) is 44.7 Å². The molecule has 1 spiro atoms. The summed E-state index contributed by atoms with van der Waals surface area (Å²) in [7, 11) is 7.07. The molecule has 0 radical (unpaired) electrons. The van der Waals surface area contributed by atoms with Crippen LogP contribution in [0.5, 0.6) is 0 Å². The number of thiazole rings is 1. The molecule has 4 aliphatic heterocycles. The molecule has 3 fully saturated rings. The summed E-state index contributed by atoms with van der Waals surface area (Å²) in [5.74, 6) is 3.65. The van der Waals surface area contributed by atoms with Gasteiger partial charge in [-0.05, 0) is 109 Å². The highest BCUT2D eigenvalue weighted by Crippen LogP contribution is 2.42. The Morgan fingerprint density at radius 2 is 1.84 bits per heavy atom. The lowest BCUT2D eigenvalue weighted by atomic mass is 9.84. The number of carbonyl (C=O) groups is 5. The third-order valence-corrected chi connectivity index (χ3v) is 16.0. The lowest BCUT2D eigenvalue weighted by Gasteiger charge is -2.57. The molecule has 2 N–H and O–H groups in total. The number of nitrogens with zero attached hydrogens (tertiary/aromatic N) is 8. The van der Waals surface area contributed by atoms with Gasteiger partial charge in [0.25, 0.3) is 11.8 Å². The van der Waals surface area contributed by atoms with E-state index in [1.807, 2.05) is 65.1 Å². The second-order valence-corrected chi connectivity index (χ2v) is 23.0. The van der Waals surface area contributed by atoms with Gasteiger partial charge in [0.15, 0.2) is 5.72 Å². The highest BCUT2D eigenvalue weighted by atomic mass is 32.1. The fraction of sp³-hybridized carbons (Fsp3) is 0.582. The van der Waals surface area contributed by atoms with Crippen LogP contribution in [0.15, 0.2) is 41.9 Å². The number of hydrogen-bond donors (Lipinski definition) is 2. The lowest BCUT2D eigenvalue weighted by Crippen LogP contribution is -2.76. The molecule has 8 rings (SSSR count). The van der Waals surface area contributed by atoms with E-state index in [1.54, 1.807) is 30.2 Å². The van der Waals surface area contributed by atoms with E-state index >= 15 is 0 Å². The first-order valence-electron chi connectivity index (χ1n) is 25.9. The van der Waals surface area contributed by atoms with Gasteiger partial charge in [-0.1, -0.05) is 39.7 Å². The number of aromatic nitrogens is 3. The van der Waals surface area contributed by atoms with Gasteiger partial charge in [-0.25, -0.2) is 15.2 Å². The molecule has 1 aromatic carbocycles. The quantitative estimate of drug-likeness (QED) is 0.150. The summed E-state index contributed by atoms with van der Waals surface area (Å²) in [6.45, 7) is 18.0. The minimum Gasteiger partial charge on any atom is -0.464 e. The Balaban J connectivity index is 1.10. The molecule has 1 unspecified atom stereocenters. The summed E-state index contributed by atoms with van der Waals surface area (Å²) < 4.78 is 20.5. The van der Waals surface area contributed by atoms with Crippen molar-refractivity contribution in [2.45, 2.75) is 130 Å². The Morgan fingerprint density at radius 3 is 2.54 bits per heavy atom. The molecule has 18 nitrogen and oxygen atoms in total. The van der Waals surface area contributed by atoms with Gasteiger partial charge in [-0.2, -0.15) is 0 Å². The number of carbonyl (C=O) groups excluding carboxylic acids is 5. The molecule has 4 atom stereocenters.